The average Bonchev–Trinajstić information content (AvgIpc) is 2.43. The molecule has 140 valence electrons. The average molecular weight is 347 g/mol. The molecular weight excluding hydrogens is 317 g/mol. The minimum Gasteiger partial charge on any atom is -0.370 e. The summed E-state index contributed by atoms with van der Waals surface area (Å²) in [6.07, 6.45) is -3.80. The highest BCUT2D eigenvalue weighted by atomic mass is 19.4. The molecule has 0 aromatic heterocycles. The van der Waals surface area contributed by atoms with Crippen molar-refractivity contribution in [1.82, 2.24) is 4.90 Å². The Morgan fingerprint density at radius 3 is 1.70 bits per heavy atom. The molecule has 0 bridgehead atoms. The lowest BCUT2D eigenvalue weighted by atomic mass is 10.0. The van der Waals surface area contributed by atoms with Crippen LogP contribution < -0.4 is 0 Å². The van der Waals surface area contributed by atoms with E-state index in [1.807, 2.05) is 13.8 Å². The van der Waals surface area contributed by atoms with Gasteiger partial charge in [0, 0.05) is 6.54 Å². The lowest BCUT2D eigenvalue weighted by Crippen LogP contribution is -2.51. The molecule has 0 saturated heterocycles. The second-order valence-electron chi connectivity index (χ2n) is 6.20. The fraction of sp³-hybridized carbons (Fsp3) is 1.00. The van der Waals surface area contributed by atoms with Gasteiger partial charge in [-0.3, -0.25) is 0 Å². The molecule has 0 amide bonds. The molecule has 0 aromatic carbocycles. The van der Waals surface area contributed by atoms with Gasteiger partial charge in [-0.05, 0) is 31.8 Å². The van der Waals surface area contributed by atoms with Gasteiger partial charge in [0.05, 0.1) is 6.61 Å². The van der Waals surface area contributed by atoms with Gasteiger partial charge in [-0.1, -0.05) is 40.5 Å². The van der Waals surface area contributed by atoms with Crippen LogP contribution in [0.15, 0.2) is 0 Å². The third-order valence-corrected chi connectivity index (χ3v) is 3.70. The number of ether oxygens (including phenoxy) is 1. The zero-order chi connectivity index (χ0) is 18.1. The molecule has 0 fully saturated rings. The summed E-state index contributed by atoms with van der Waals surface area (Å²) < 4.78 is 69.6. The first kappa shape index (κ1) is 22.6. The Balaban J connectivity index is 4.61. The van der Waals surface area contributed by atoms with Crippen molar-refractivity contribution in [3.8, 4) is 0 Å². The minimum atomic E-state index is -5.59. The number of alkyl halides is 5. The van der Waals surface area contributed by atoms with Gasteiger partial charge >= 0.3 is 12.1 Å². The van der Waals surface area contributed by atoms with Gasteiger partial charge in [-0.15, -0.1) is 0 Å². The molecule has 7 heteroatoms. The Morgan fingerprint density at radius 1 is 0.870 bits per heavy atom. The van der Waals surface area contributed by atoms with Gasteiger partial charge in [0.2, 0.25) is 0 Å². The molecule has 1 unspecified atom stereocenters. The van der Waals surface area contributed by atoms with Crippen LogP contribution in [-0.2, 0) is 4.74 Å². The molecule has 0 heterocycles. The predicted octanol–water partition coefficient (Wildman–Crippen LogP) is 5.13. The Morgan fingerprint density at radius 2 is 1.35 bits per heavy atom. The lowest BCUT2D eigenvalue weighted by molar-refractivity contribution is -0.324. The summed E-state index contributed by atoms with van der Waals surface area (Å²) in [5, 5.41) is 0. The summed E-state index contributed by atoms with van der Waals surface area (Å²) in [6.45, 7) is 8.59. The van der Waals surface area contributed by atoms with Crippen molar-refractivity contribution in [2.24, 2.45) is 5.92 Å². The molecular formula is C16H30F5NO. The van der Waals surface area contributed by atoms with Crippen molar-refractivity contribution < 1.29 is 26.7 Å². The number of halogens is 5. The molecule has 0 saturated carbocycles. The fourth-order valence-electron chi connectivity index (χ4n) is 2.28. The summed E-state index contributed by atoms with van der Waals surface area (Å²) in [5.74, 6) is -5.76. The van der Waals surface area contributed by atoms with Crippen molar-refractivity contribution in [2.45, 2.75) is 71.6 Å². The molecule has 0 aromatic rings. The van der Waals surface area contributed by atoms with Crippen LogP contribution in [-0.4, -0.2) is 49.3 Å². The zero-order valence-corrected chi connectivity index (χ0v) is 14.6. The van der Waals surface area contributed by atoms with Gasteiger partial charge in [0.25, 0.3) is 0 Å². The number of rotatable bonds is 12. The first-order valence-electron chi connectivity index (χ1n) is 8.36. The second kappa shape index (κ2) is 10.4. The molecule has 0 spiro atoms. The van der Waals surface area contributed by atoms with Crippen LogP contribution in [0.1, 0.15) is 53.4 Å². The summed E-state index contributed by atoms with van der Waals surface area (Å²) in [7, 11) is 0. The maximum atomic E-state index is 13.5. The van der Waals surface area contributed by atoms with Gasteiger partial charge < -0.3 is 9.64 Å². The topological polar surface area (TPSA) is 12.5 Å². The lowest BCUT2D eigenvalue weighted by Gasteiger charge is -2.32. The number of unbranched alkanes of at least 4 members (excludes halogenated alkanes) is 2. The van der Waals surface area contributed by atoms with E-state index in [1.165, 1.54) is 13.8 Å². The molecule has 0 radical (unpaired) electrons. The number of hydrogen-bond donors (Lipinski definition) is 0. The van der Waals surface area contributed by atoms with Crippen LogP contribution in [0.4, 0.5) is 22.0 Å². The molecule has 0 rings (SSSR count). The minimum absolute atomic E-state index is 0.123. The molecule has 0 aliphatic heterocycles. The number of hydrogen-bond acceptors (Lipinski definition) is 2. The van der Waals surface area contributed by atoms with E-state index in [2.05, 4.69) is 4.90 Å². The van der Waals surface area contributed by atoms with Crippen LogP contribution in [0.3, 0.4) is 0 Å². The molecule has 0 aliphatic rings. The third kappa shape index (κ3) is 7.79. The SMILES string of the molecule is CCCCN(CCCC)CCOC(C(C)C)C(F)(F)C(F)(F)F. The Labute approximate surface area is 136 Å². The zero-order valence-electron chi connectivity index (χ0n) is 14.6. The van der Waals surface area contributed by atoms with Crippen molar-refractivity contribution in [2.75, 3.05) is 26.2 Å². The van der Waals surface area contributed by atoms with Crippen LogP contribution in [0.5, 0.6) is 0 Å². The van der Waals surface area contributed by atoms with Crippen molar-refractivity contribution in [3.63, 3.8) is 0 Å². The van der Waals surface area contributed by atoms with E-state index < -0.39 is 24.1 Å². The van der Waals surface area contributed by atoms with Gasteiger partial charge in [-0.2, -0.15) is 22.0 Å². The van der Waals surface area contributed by atoms with Crippen LogP contribution >= 0.6 is 0 Å². The standard InChI is InChI=1S/C16H30F5NO/c1-5-7-9-22(10-8-6-2)11-12-23-14(13(3)4)15(17,18)16(19,20)21/h13-14H,5-12H2,1-4H3. The van der Waals surface area contributed by atoms with E-state index in [0.717, 1.165) is 38.8 Å². The van der Waals surface area contributed by atoms with Crippen LogP contribution in [0, 0.1) is 5.92 Å². The Hall–Kier alpha value is -0.430. The Kier molecular flexibility index (Phi) is 10.2. The summed E-state index contributed by atoms with van der Waals surface area (Å²) in [6, 6.07) is 0. The highest BCUT2D eigenvalue weighted by Gasteiger charge is 2.63. The summed E-state index contributed by atoms with van der Waals surface area (Å²) >= 11 is 0. The first-order chi connectivity index (χ1) is 10.6. The van der Waals surface area contributed by atoms with Crippen LogP contribution in [0.2, 0.25) is 0 Å². The predicted molar refractivity (Wildman–Crippen MR) is 81.8 cm³/mol. The van der Waals surface area contributed by atoms with E-state index in [-0.39, 0.29) is 6.61 Å². The number of nitrogens with zero attached hydrogens (tertiary/aromatic N) is 1. The molecule has 1 atom stereocenters. The summed E-state index contributed by atoms with van der Waals surface area (Å²) in [4.78, 5) is 2.07. The third-order valence-electron chi connectivity index (χ3n) is 3.70. The normalized spacial score (nSPS) is 14.7. The van der Waals surface area contributed by atoms with Crippen molar-refractivity contribution in [1.29, 1.82) is 0 Å². The van der Waals surface area contributed by atoms with E-state index in [1.54, 1.807) is 0 Å². The second-order valence-corrected chi connectivity index (χ2v) is 6.20. The smallest absolute Gasteiger partial charge is 0.370 e. The van der Waals surface area contributed by atoms with E-state index in [9.17, 15) is 22.0 Å². The van der Waals surface area contributed by atoms with Gasteiger partial charge in [-0.25, -0.2) is 0 Å². The Bertz CT molecular complexity index is 299. The first-order valence-corrected chi connectivity index (χ1v) is 8.36. The van der Waals surface area contributed by atoms with E-state index in [0.29, 0.717) is 6.54 Å². The monoisotopic (exact) mass is 347 g/mol. The summed E-state index contributed by atoms with van der Waals surface area (Å²) in [5.41, 5.74) is 0. The largest absolute Gasteiger partial charge is 0.456 e. The van der Waals surface area contributed by atoms with Gasteiger partial charge in [0.15, 0.2) is 0 Å². The highest BCUT2D eigenvalue weighted by molar-refractivity contribution is 4.87. The molecule has 0 aliphatic carbocycles. The van der Waals surface area contributed by atoms with E-state index in [4.69, 9.17) is 4.74 Å². The van der Waals surface area contributed by atoms with E-state index >= 15 is 0 Å². The maximum Gasteiger partial charge on any atom is 0.456 e. The highest BCUT2D eigenvalue weighted by Crippen LogP contribution is 2.41. The molecule has 0 N–H and O–H groups in total. The van der Waals surface area contributed by atoms with Gasteiger partial charge in [0.1, 0.15) is 6.10 Å². The maximum absolute atomic E-state index is 13.5. The molecule has 23 heavy (non-hydrogen) atoms. The van der Waals surface area contributed by atoms with Crippen molar-refractivity contribution >= 4 is 0 Å². The quantitative estimate of drug-likeness (QED) is 0.454. The van der Waals surface area contributed by atoms with Crippen molar-refractivity contribution in [3.05, 3.63) is 0 Å². The van der Waals surface area contributed by atoms with Crippen LogP contribution in [0.25, 0.3) is 0 Å². The molecule has 2 nitrogen and oxygen atoms in total. The fourth-order valence-corrected chi connectivity index (χ4v) is 2.28.